The predicted molar refractivity (Wildman–Crippen MR) is 109 cm³/mol. The molecule has 27 heavy (non-hydrogen) atoms. The van der Waals surface area contributed by atoms with Crippen LogP contribution in [0, 0.1) is 0 Å². The molecule has 3 N–H and O–H groups in total. The van der Waals surface area contributed by atoms with Gasteiger partial charge in [0, 0.05) is 28.9 Å². The summed E-state index contributed by atoms with van der Waals surface area (Å²) in [6, 6.07) is 12.4. The van der Waals surface area contributed by atoms with Crippen LogP contribution in [0.3, 0.4) is 0 Å². The summed E-state index contributed by atoms with van der Waals surface area (Å²) >= 11 is 5.80. The molecular formula is C18H21Cl2N3O3S. The average Bonchev–Trinajstić information content (AvgIpc) is 2.64. The fourth-order valence-electron chi connectivity index (χ4n) is 2.76. The number of piperidine rings is 1. The largest absolute Gasteiger partial charge is 0.348 e. The fraction of sp³-hybridized carbons (Fsp3) is 0.278. The Morgan fingerprint density at radius 1 is 1.07 bits per heavy atom. The van der Waals surface area contributed by atoms with E-state index in [1.165, 1.54) is 24.3 Å². The first kappa shape index (κ1) is 21.5. The van der Waals surface area contributed by atoms with Gasteiger partial charge in [0.05, 0.1) is 4.90 Å². The number of amides is 1. The van der Waals surface area contributed by atoms with Gasteiger partial charge in [0.1, 0.15) is 0 Å². The maximum atomic E-state index is 12.4. The number of sulfonamides is 1. The lowest BCUT2D eigenvalue weighted by Crippen LogP contribution is -2.45. The molecule has 2 aromatic rings. The molecule has 0 unspecified atom stereocenters. The number of nitrogens with one attached hydrogen (secondary N) is 3. The molecule has 1 saturated heterocycles. The van der Waals surface area contributed by atoms with Crippen LogP contribution in [0.2, 0.25) is 5.02 Å². The summed E-state index contributed by atoms with van der Waals surface area (Å²) < 4.78 is 27.3. The first-order valence-electron chi connectivity index (χ1n) is 8.34. The molecule has 0 bridgehead atoms. The van der Waals surface area contributed by atoms with Crippen LogP contribution in [0.1, 0.15) is 23.2 Å². The third kappa shape index (κ3) is 5.84. The molecule has 0 aliphatic carbocycles. The van der Waals surface area contributed by atoms with Gasteiger partial charge in [0.2, 0.25) is 0 Å². The molecule has 0 aromatic heterocycles. The van der Waals surface area contributed by atoms with Gasteiger partial charge >= 0.3 is 0 Å². The summed E-state index contributed by atoms with van der Waals surface area (Å²) in [5, 5.41) is 6.72. The van der Waals surface area contributed by atoms with Crippen LogP contribution >= 0.6 is 24.0 Å². The van der Waals surface area contributed by atoms with Gasteiger partial charge in [-0.25, -0.2) is 8.42 Å². The van der Waals surface area contributed by atoms with Crippen molar-refractivity contribution in [3.8, 4) is 0 Å². The van der Waals surface area contributed by atoms with E-state index in [2.05, 4.69) is 15.4 Å². The smallest absolute Gasteiger partial charge is 0.261 e. The summed E-state index contributed by atoms with van der Waals surface area (Å²) in [5.41, 5.74) is 0.849. The zero-order valence-electron chi connectivity index (χ0n) is 14.4. The zero-order valence-corrected chi connectivity index (χ0v) is 16.8. The quantitative estimate of drug-likeness (QED) is 0.681. The zero-order chi connectivity index (χ0) is 18.6. The summed E-state index contributed by atoms with van der Waals surface area (Å²) in [7, 11) is -3.73. The number of halogens is 2. The molecule has 0 spiro atoms. The molecule has 1 fully saturated rings. The molecule has 2 aromatic carbocycles. The minimum atomic E-state index is -3.73. The maximum Gasteiger partial charge on any atom is 0.261 e. The Morgan fingerprint density at radius 2 is 1.74 bits per heavy atom. The number of hydrogen-bond acceptors (Lipinski definition) is 4. The lowest BCUT2D eigenvalue weighted by atomic mass is 10.1. The Hall–Kier alpha value is -1.80. The van der Waals surface area contributed by atoms with Crippen molar-refractivity contribution in [3.63, 3.8) is 0 Å². The molecule has 0 radical (unpaired) electrons. The van der Waals surface area contributed by atoms with E-state index >= 15 is 0 Å². The van der Waals surface area contributed by atoms with Gasteiger partial charge in [0.25, 0.3) is 15.9 Å². The third-order valence-corrected chi connectivity index (χ3v) is 5.80. The molecule has 1 atom stereocenters. The highest BCUT2D eigenvalue weighted by Gasteiger charge is 2.18. The van der Waals surface area contributed by atoms with E-state index in [0.717, 1.165) is 25.9 Å². The molecule has 1 aliphatic rings. The van der Waals surface area contributed by atoms with E-state index in [-0.39, 0.29) is 29.3 Å². The van der Waals surface area contributed by atoms with Crippen molar-refractivity contribution in [2.45, 2.75) is 23.8 Å². The SMILES string of the molecule is Cl.O=C(N[C@H]1CCCNC1)c1ccc(S(=O)(=O)Nc2ccc(Cl)cc2)cc1. The Morgan fingerprint density at radius 3 is 2.33 bits per heavy atom. The molecule has 1 aliphatic heterocycles. The second-order valence-electron chi connectivity index (χ2n) is 6.15. The molecule has 1 amide bonds. The summed E-state index contributed by atoms with van der Waals surface area (Å²) in [5.74, 6) is -0.201. The number of carbonyl (C=O) groups is 1. The van der Waals surface area contributed by atoms with Crippen molar-refractivity contribution in [2.24, 2.45) is 0 Å². The van der Waals surface area contributed by atoms with Crippen molar-refractivity contribution in [1.29, 1.82) is 0 Å². The van der Waals surface area contributed by atoms with Crippen molar-refractivity contribution >= 4 is 45.6 Å². The van der Waals surface area contributed by atoms with Gasteiger partial charge in [-0.3, -0.25) is 9.52 Å². The van der Waals surface area contributed by atoms with Gasteiger partial charge in [-0.2, -0.15) is 0 Å². The number of hydrogen-bond donors (Lipinski definition) is 3. The summed E-state index contributed by atoms with van der Waals surface area (Å²) in [6.07, 6.45) is 1.97. The molecular weight excluding hydrogens is 409 g/mol. The lowest BCUT2D eigenvalue weighted by molar-refractivity contribution is 0.0930. The highest BCUT2D eigenvalue weighted by Crippen LogP contribution is 2.19. The van der Waals surface area contributed by atoms with Crippen LogP contribution in [0.5, 0.6) is 0 Å². The maximum absolute atomic E-state index is 12.4. The van der Waals surface area contributed by atoms with Crippen LogP contribution in [0.25, 0.3) is 0 Å². The van der Waals surface area contributed by atoms with Gasteiger partial charge in [-0.15, -0.1) is 12.4 Å². The molecule has 146 valence electrons. The number of anilines is 1. The minimum absolute atomic E-state index is 0. The van der Waals surface area contributed by atoms with Crippen molar-refractivity contribution in [1.82, 2.24) is 10.6 Å². The summed E-state index contributed by atoms with van der Waals surface area (Å²) in [6.45, 7) is 1.72. The fourth-order valence-corrected chi connectivity index (χ4v) is 3.95. The lowest BCUT2D eigenvalue weighted by Gasteiger charge is -2.23. The van der Waals surface area contributed by atoms with Crippen LogP contribution < -0.4 is 15.4 Å². The highest BCUT2D eigenvalue weighted by atomic mass is 35.5. The molecule has 1 heterocycles. The van der Waals surface area contributed by atoms with Crippen molar-refractivity contribution in [3.05, 3.63) is 59.1 Å². The van der Waals surface area contributed by atoms with E-state index in [1.807, 2.05) is 0 Å². The van der Waals surface area contributed by atoms with Crippen molar-refractivity contribution in [2.75, 3.05) is 17.8 Å². The van der Waals surface area contributed by atoms with Gasteiger partial charge in [-0.05, 0) is 67.9 Å². The van der Waals surface area contributed by atoms with E-state index in [4.69, 9.17) is 11.6 Å². The minimum Gasteiger partial charge on any atom is -0.348 e. The van der Waals surface area contributed by atoms with Gasteiger partial charge in [-0.1, -0.05) is 11.6 Å². The molecule has 0 saturated carbocycles. The monoisotopic (exact) mass is 429 g/mol. The molecule has 9 heteroatoms. The standard InChI is InChI=1S/C18H20ClN3O3S.ClH/c19-14-5-7-15(8-6-14)22-26(24,25)17-9-3-13(4-10-17)18(23)21-16-2-1-11-20-12-16;/h3-10,16,20,22H,1-2,11-12H2,(H,21,23);1H/t16-;/m0./s1. The van der Waals surface area contributed by atoms with Crippen molar-refractivity contribution < 1.29 is 13.2 Å². The highest BCUT2D eigenvalue weighted by molar-refractivity contribution is 7.92. The number of carbonyl (C=O) groups excluding carboxylic acids is 1. The Bertz CT molecular complexity index is 866. The number of benzene rings is 2. The van der Waals surface area contributed by atoms with Crippen LogP contribution in [-0.4, -0.2) is 33.5 Å². The van der Waals surface area contributed by atoms with E-state index < -0.39 is 10.0 Å². The molecule has 3 rings (SSSR count). The third-order valence-electron chi connectivity index (χ3n) is 4.16. The van der Waals surface area contributed by atoms with Gasteiger partial charge in [0.15, 0.2) is 0 Å². The van der Waals surface area contributed by atoms with Crippen LogP contribution in [0.4, 0.5) is 5.69 Å². The summed E-state index contributed by atoms with van der Waals surface area (Å²) in [4.78, 5) is 12.4. The Labute approximate surface area is 170 Å². The average molecular weight is 430 g/mol. The topological polar surface area (TPSA) is 87.3 Å². The van der Waals surface area contributed by atoms with E-state index in [9.17, 15) is 13.2 Å². The van der Waals surface area contributed by atoms with Crippen LogP contribution in [-0.2, 0) is 10.0 Å². The molecule has 6 nitrogen and oxygen atoms in total. The second kappa shape index (κ2) is 9.41. The Kier molecular flexibility index (Phi) is 7.49. The number of rotatable bonds is 5. The first-order valence-corrected chi connectivity index (χ1v) is 10.2. The normalized spacial score (nSPS) is 16.9. The first-order chi connectivity index (χ1) is 12.4. The van der Waals surface area contributed by atoms with Crippen LogP contribution in [0.15, 0.2) is 53.4 Å². The second-order valence-corrected chi connectivity index (χ2v) is 8.27. The van der Waals surface area contributed by atoms with E-state index in [0.29, 0.717) is 16.3 Å². The van der Waals surface area contributed by atoms with E-state index in [1.54, 1.807) is 24.3 Å². The predicted octanol–water partition coefficient (Wildman–Crippen LogP) is 3.04. The Balaban J connectivity index is 0.00000261. The van der Waals surface area contributed by atoms with Gasteiger partial charge < -0.3 is 10.6 Å².